The Balaban J connectivity index is 3.39. The number of rotatable bonds is 66. The van der Waals surface area contributed by atoms with E-state index in [9.17, 15) is 14.7 Å². The van der Waals surface area contributed by atoms with Crippen LogP contribution in [0.25, 0.3) is 0 Å². The van der Waals surface area contributed by atoms with Crippen molar-refractivity contribution in [1.82, 2.24) is 0 Å². The van der Waals surface area contributed by atoms with Crippen molar-refractivity contribution in [3.05, 3.63) is 48.6 Å². The summed E-state index contributed by atoms with van der Waals surface area (Å²) in [5, 5.41) is 9.70. The molecule has 0 rings (SSSR count). The van der Waals surface area contributed by atoms with Crippen molar-refractivity contribution in [3.8, 4) is 0 Å². The predicted octanol–water partition coefficient (Wildman–Crippen LogP) is 24.3. The summed E-state index contributed by atoms with van der Waals surface area (Å²) < 4.78 is 10.8. The number of unbranched alkanes of at least 4 members (excludes halogenated alkanes) is 50. The molecule has 5 nitrogen and oxygen atoms in total. The molecule has 0 aromatic carbocycles. The lowest BCUT2D eigenvalue weighted by atomic mass is 10.0. The highest BCUT2D eigenvalue weighted by atomic mass is 16.6. The summed E-state index contributed by atoms with van der Waals surface area (Å²) in [6, 6.07) is 0. The van der Waals surface area contributed by atoms with Crippen LogP contribution in [0.3, 0.4) is 0 Å². The Morgan fingerprint density at radius 2 is 0.513 bits per heavy atom. The van der Waals surface area contributed by atoms with E-state index in [1.807, 2.05) is 0 Å². The molecule has 0 aromatic rings. The van der Waals surface area contributed by atoms with Crippen LogP contribution in [0.4, 0.5) is 0 Å². The van der Waals surface area contributed by atoms with Crippen molar-refractivity contribution in [2.75, 3.05) is 13.2 Å². The lowest BCUT2D eigenvalue weighted by Gasteiger charge is -2.15. The molecule has 0 aliphatic carbocycles. The van der Waals surface area contributed by atoms with E-state index in [2.05, 4.69) is 62.5 Å². The second-order valence-corrected chi connectivity index (χ2v) is 24.0. The molecule has 1 N–H and O–H groups in total. The van der Waals surface area contributed by atoms with E-state index in [1.165, 1.54) is 308 Å². The zero-order valence-corrected chi connectivity index (χ0v) is 52.7. The Morgan fingerprint density at radius 1 is 0.295 bits per heavy atom. The number of hydrogen-bond acceptors (Lipinski definition) is 5. The van der Waals surface area contributed by atoms with Gasteiger partial charge in [0.1, 0.15) is 6.61 Å². The van der Waals surface area contributed by atoms with Gasteiger partial charge in [0.15, 0.2) is 6.10 Å². The third-order valence-electron chi connectivity index (χ3n) is 16.1. The number of hydrogen-bond donors (Lipinski definition) is 1. The maximum atomic E-state index is 12.4. The molecule has 0 fully saturated rings. The molecule has 1 atom stereocenters. The van der Waals surface area contributed by atoms with Crippen molar-refractivity contribution in [2.45, 2.75) is 392 Å². The molecule has 0 bridgehead atoms. The van der Waals surface area contributed by atoms with Gasteiger partial charge in [0, 0.05) is 12.8 Å². The molecule has 0 saturated heterocycles. The lowest BCUT2D eigenvalue weighted by Crippen LogP contribution is -2.28. The standard InChI is InChI=1S/C73H136O5/c1-3-5-7-9-11-13-15-17-19-21-23-25-27-29-30-31-32-33-34-35-36-37-38-39-40-41-42-44-46-48-50-52-54-56-58-60-62-64-66-68-73(76)78-71(69-74)70-77-72(75)67-65-63-61-59-57-55-53-51-49-47-45-43-28-26-24-22-20-18-16-14-12-10-8-6-4-2/h15,17,21-24,27,29,71,74H,3-14,16,18-20,25-26,28,30-70H2,1-2H3/b17-15-,23-21-,24-22-,29-27-. The van der Waals surface area contributed by atoms with Crippen LogP contribution in [0, 0.1) is 0 Å². The third-order valence-corrected chi connectivity index (χ3v) is 16.1. The fraction of sp³-hybridized carbons (Fsp3) is 0.863. The van der Waals surface area contributed by atoms with Crippen molar-refractivity contribution in [1.29, 1.82) is 0 Å². The first-order chi connectivity index (χ1) is 38.6. The second-order valence-electron chi connectivity index (χ2n) is 24.0. The van der Waals surface area contributed by atoms with E-state index in [1.54, 1.807) is 0 Å². The SMILES string of the molecule is CCCCCCC/C=C\C/C=C\C/C=C\CCCCCCCCCCCCCCCCCCCCCCCCCCC(=O)OC(CO)COC(=O)CCCCCCCCCCCCCCC/C=C\CCCCCCCCCC. The Morgan fingerprint density at radius 3 is 0.782 bits per heavy atom. The number of ether oxygens (including phenoxy) is 2. The molecule has 0 spiro atoms. The molecule has 0 heterocycles. The minimum atomic E-state index is -0.771. The molecule has 0 aliphatic rings. The van der Waals surface area contributed by atoms with Crippen LogP contribution in [0.2, 0.25) is 0 Å². The van der Waals surface area contributed by atoms with Crippen molar-refractivity contribution < 1.29 is 24.2 Å². The lowest BCUT2D eigenvalue weighted by molar-refractivity contribution is -0.161. The number of esters is 2. The van der Waals surface area contributed by atoms with Gasteiger partial charge >= 0.3 is 11.9 Å². The van der Waals surface area contributed by atoms with E-state index < -0.39 is 6.10 Å². The van der Waals surface area contributed by atoms with Crippen LogP contribution >= 0.6 is 0 Å². The van der Waals surface area contributed by atoms with Crippen LogP contribution < -0.4 is 0 Å². The van der Waals surface area contributed by atoms with Gasteiger partial charge in [-0.3, -0.25) is 9.59 Å². The normalized spacial score (nSPS) is 12.4. The summed E-state index contributed by atoms with van der Waals surface area (Å²) >= 11 is 0. The Labute approximate surface area is 488 Å². The van der Waals surface area contributed by atoms with E-state index in [-0.39, 0.29) is 25.2 Å². The van der Waals surface area contributed by atoms with Gasteiger partial charge in [-0.15, -0.1) is 0 Å². The highest BCUT2D eigenvalue weighted by Crippen LogP contribution is 2.19. The quantitative estimate of drug-likeness (QED) is 0.0373. The highest BCUT2D eigenvalue weighted by Gasteiger charge is 2.16. The third kappa shape index (κ3) is 66.4. The first kappa shape index (κ1) is 75.9. The smallest absolute Gasteiger partial charge is 0.306 e. The maximum Gasteiger partial charge on any atom is 0.306 e. The Bertz CT molecular complexity index is 1280. The summed E-state index contributed by atoms with van der Waals surface area (Å²) in [6.45, 7) is 4.18. The molecule has 5 heteroatoms. The molecule has 0 saturated carbocycles. The zero-order valence-electron chi connectivity index (χ0n) is 52.7. The van der Waals surface area contributed by atoms with E-state index in [0.717, 1.165) is 51.4 Å². The van der Waals surface area contributed by atoms with E-state index in [4.69, 9.17) is 9.47 Å². The summed E-state index contributed by atoms with van der Waals surface area (Å²) in [4.78, 5) is 24.6. The summed E-state index contributed by atoms with van der Waals surface area (Å²) in [7, 11) is 0. The first-order valence-electron chi connectivity index (χ1n) is 35.2. The fourth-order valence-corrected chi connectivity index (χ4v) is 10.8. The average Bonchev–Trinajstić information content (AvgIpc) is 3.44. The van der Waals surface area contributed by atoms with E-state index >= 15 is 0 Å². The molecule has 0 amide bonds. The molecular formula is C73H136O5. The molecule has 0 aromatic heterocycles. The van der Waals surface area contributed by atoms with Crippen LogP contribution in [-0.2, 0) is 19.1 Å². The predicted molar refractivity (Wildman–Crippen MR) is 344 cm³/mol. The van der Waals surface area contributed by atoms with Crippen molar-refractivity contribution in [2.24, 2.45) is 0 Å². The minimum absolute atomic E-state index is 0.0605. The second kappa shape index (κ2) is 69.1. The van der Waals surface area contributed by atoms with Gasteiger partial charge in [0.05, 0.1) is 6.61 Å². The van der Waals surface area contributed by atoms with Gasteiger partial charge in [-0.2, -0.15) is 0 Å². The van der Waals surface area contributed by atoms with Gasteiger partial charge in [-0.25, -0.2) is 0 Å². The van der Waals surface area contributed by atoms with Gasteiger partial charge in [0.2, 0.25) is 0 Å². The van der Waals surface area contributed by atoms with Gasteiger partial charge in [-0.1, -0.05) is 345 Å². The topological polar surface area (TPSA) is 72.8 Å². The molecule has 0 aliphatic heterocycles. The summed E-state index contributed by atoms with van der Waals surface area (Å²) in [6.07, 6.45) is 93.0. The molecule has 0 radical (unpaired) electrons. The highest BCUT2D eigenvalue weighted by molar-refractivity contribution is 5.70. The van der Waals surface area contributed by atoms with Gasteiger partial charge < -0.3 is 14.6 Å². The summed E-state index contributed by atoms with van der Waals surface area (Å²) in [5.41, 5.74) is 0. The minimum Gasteiger partial charge on any atom is -0.462 e. The number of aliphatic hydroxyl groups excluding tert-OH is 1. The fourth-order valence-electron chi connectivity index (χ4n) is 10.8. The monoisotopic (exact) mass is 1090 g/mol. The largest absolute Gasteiger partial charge is 0.462 e. The van der Waals surface area contributed by atoms with E-state index in [0.29, 0.717) is 12.8 Å². The van der Waals surface area contributed by atoms with Gasteiger partial charge in [0.25, 0.3) is 0 Å². The van der Waals surface area contributed by atoms with Crippen molar-refractivity contribution in [3.63, 3.8) is 0 Å². The summed E-state index contributed by atoms with van der Waals surface area (Å²) in [5.74, 6) is -0.568. The first-order valence-corrected chi connectivity index (χ1v) is 35.2. The van der Waals surface area contributed by atoms with Crippen LogP contribution in [0.5, 0.6) is 0 Å². The Kier molecular flexibility index (Phi) is 67.2. The molecule has 458 valence electrons. The Hall–Kier alpha value is -2.14. The maximum absolute atomic E-state index is 12.4. The molecular weight excluding hydrogens is 957 g/mol. The number of allylic oxidation sites excluding steroid dienone is 8. The number of carbonyl (C=O) groups is 2. The van der Waals surface area contributed by atoms with Crippen LogP contribution in [0.1, 0.15) is 386 Å². The molecule has 78 heavy (non-hydrogen) atoms. The van der Waals surface area contributed by atoms with Crippen LogP contribution in [0.15, 0.2) is 48.6 Å². The zero-order chi connectivity index (χ0) is 56.2. The number of carbonyl (C=O) groups excluding carboxylic acids is 2. The van der Waals surface area contributed by atoms with Crippen LogP contribution in [-0.4, -0.2) is 36.4 Å². The van der Waals surface area contributed by atoms with Gasteiger partial charge in [-0.05, 0) is 77.0 Å². The van der Waals surface area contributed by atoms with Crippen molar-refractivity contribution >= 4 is 11.9 Å². The number of aliphatic hydroxyl groups is 1. The average molecular weight is 1090 g/mol. The molecule has 1 unspecified atom stereocenters.